The molecule has 2 bridgehead atoms. The summed E-state index contributed by atoms with van der Waals surface area (Å²) in [4.78, 5) is 62.5. The minimum atomic E-state index is -0.832. The van der Waals surface area contributed by atoms with E-state index in [1.165, 1.54) is 0 Å². The van der Waals surface area contributed by atoms with Crippen molar-refractivity contribution in [1.82, 2.24) is 25.4 Å². The van der Waals surface area contributed by atoms with Crippen LogP contribution in [0.2, 0.25) is 0 Å². The zero-order valence-electron chi connectivity index (χ0n) is 25.7. The number of hydrogen-bond donors (Lipinski definition) is 2. The summed E-state index contributed by atoms with van der Waals surface area (Å²) in [5.41, 5.74) is 5.57. The predicted octanol–water partition coefficient (Wildman–Crippen LogP) is 3.12. The van der Waals surface area contributed by atoms with Gasteiger partial charge < -0.3 is 20.4 Å². The van der Waals surface area contributed by atoms with Gasteiger partial charge in [-0.3, -0.25) is 24.2 Å². The first-order valence-electron chi connectivity index (χ1n) is 15.4. The number of nitrogens with zero attached hydrogens (tertiary/aromatic N) is 3. The van der Waals surface area contributed by atoms with Gasteiger partial charge in [0.15, 0.2) is 0 Å². The van der Waals surface area contributed by atoms with Crippen LogP contribution in [-0.2, 0) is 51.5 Å². The van der Waals surface area contributed by atoms with Crippen LogP contribution < -0.4 is 10.6 Å². The molecule has 0 fully saturated rings. The molecule has 0 spiro atoms. The fourth-order valence-corrected chi connectivity index (χ4v) is 5.94. The highest BCUT2D eigenvalue weighted by Crippen LogP contribution is 2.25. The minimum absolute atomic E-state index is 0.107. The maximum atomic E-state index is 14.2. The highest BCUT2D eigenvalue weighted by molar-refractivity contribution is 5.94. The first-order chi connectivity index (χ1) is 21.2. The molecule has 3 heterocycles. The Bertz CT molecular complexity index is 1520. The molecular formula is C35H41N5O4. The highest BCUT2D eigenvalue weighted by atomic mass is 16.2. The average Bonchev–Trinajstić information content (AvgIpc) is 3.00. The number of nitrogens with one attached hydrogen (secondary N) is 2. The summed E-state index contributed by atoms with van der Waals surface area (Å²) in [6.07, 6.45) is 3.25. The lowest BCUT2D eigenvalue weighted by Gasteiger charge is -2.38. The van der Waals surface area contributed by atoms with E-state index in [9.17, 15) is 19.2 Å². The van der Waals surface area contributed by atoms with Crippen molar-refractivity contribution < 1.29 is 19.2 Å². The summed E-state index contributed by atoms with van der Waals surface area (Å²) in [7, 11) is 0. The van der Waals surface area contributed by atoms with E-state index in [1.54, 1.807) is 16.0 Å². The van der Waals surface area contributed by atoms with Gasteiger partial charge in [0.2, 0.25) is 23.6 Å². The smallest absolute Gasteiger partial charge is 0.246 e. The second-order valence-electron chi connectivity index (χ2n) is 12.3. The first-order valence-corrected chi connectivity index (χ1v) is 15.4. The molecule has 9 nitrogen and oxygen atoms in total. The highest BCUT2D eigenvalue weighted by Gasteiger charge is 2.38. The molecule has 0 aliphatic carbocycles. The van der Waals surface area contributed by atoms with E-state index in [0.717, 1.165) is 33.5 Å². The number of amides is 4. The predicted molar refractivity (Wildman–Crippen MR) is 167 cm³/mol. The Morgan fingerprint density at radius 1 is 0.932 bits per heavy atom. The molecule has 2 aliphatic heterocycles. The Balaban J connectivity index is 1.46. The van der Waals surface area contributed by atoms with E-state index >= 15 is 0 Å². The molecule has 4 amide bonds. The molecule has 2 aromatic carbocycles. The van der Waals surface area contributed by atoms with Crippen molar-refractivity contribution in [1.29, 1.82) is 0 Å². The standard InChI is InChI=1S/C35H41N5O4/c1-23(2)15-30-35(44)40-21-29-10-5-4-9-28(29)18-31(40)34(43)37-20-27-8-6-7-26(16-27)17-33(42)39(22-32(41)38-30)14-13-25-12-11-24(3)36-19-25/h4-12,16,19,23,30-31H,13-15,17-18,20-22H2,1-3H3,(H,37,43)(H,38,41)/t30-,31+/m0/s1. The van der Waals surface area contributed by atoms with Gasteiger partial charge in [0.1, 0.15) is 12.1 Å². The molecule has 1 aromatic heterocycles. The van der Waals surface area contributed by atoms with E-state index in [0.29, 0.717) is 25.8 Å². The normalized spacial score (nSPS) is 19.7. The monoisotopic (exact) mass is 595 g/mol. The zero-order chi connectivity index (χ0) is 31.2. The van der Waals surface area contributed by atoms with Crippen LogP contribution in [0.25, 0.3) is 0 Å². The average molecular weight is 596 g/mol. The first kappa shape index (κ1) is 30.9. The van der Waals surface area contributed by atoms with E-state index < -0.39 is 18.0 Å². The van der Waals surface area contributed by atoms with Crippen molar-refractivity contribution in [2.45, 2.75) is 71.6 Å². The number of benzene rings is 2. The van der Waals surface area contributed by atoms with Gasteiger partial charge in [-0.05, 0) is 59.6 Å². The van der Waals surface area contributed by atoms with Crippen molar-refractivity contribution >= 4 is 23.6 Å². The summed E-state index contributed by atoms with van der Waals surface area (Å²) < 4.78 is 0. The summed E-state index contributed by atoms with van der Waals surface area (Å²) in [6, 6.07) is 17.8. The van der Waals surface area contributed by atoms with Crippen LogP contribution in [0.5, 0.6) is 0 Å². The molecule has 5 rings (SSSR count). The maximum Gasteiger partial charge on any atom is 0.246 e. The summed E-state index contributed by atoms with van der Waals surface area (Å²) in [5.74, 6) is -1.02. The van der Waals surface area contributed by atoms with E-state index in [4.69, 9.17) is 0 Å². The minimum Gasteiger partial charge on any atom is -0.350 e. The largest absolute Gasteiger partial charge is 0.350 e. The molecule has 2 aliphatic rings. The molecule has 0 unspecified atom stereocenters. The van der Waals surface area contributed by atoms with Crippen LogP contribution in [0.4, 0.5) is 0 Å². The number of carbonyl (C=O) groups is 4. The summed E-state index contributed by atoms with van der Waals surface area (Å²) in [5, 5.41) is 5.97. The number of aromatic nitrogens is 1. The molecule has 0 radical (unpaired) electrons. The Hall–Kier alpha value is -4.53. The molecule has 2 N–H and O–H groups in total. The fraction of sp³-hybridized carbons (Fsp3) is 0.400. The van der Waals surface area contributed by atoms with Crippen LogP contribution in [0, 0.1) is 12.8 Å². The van der Waals surface area contributed by atoms with E-state index in [-0.39, 0.29) is 49.7 Å². The van der Waals surface area contributed by atoms with Crippen LogP contribution >= 0.6 is 0 Å². The van der Waals surface area contributed by atoms with Gasteiger partial charge in [-0.25, -0.2) is 0 Å². The molecule has 3 aromatic rings. The molecule has 44 heavy (non-hydrogen) atoms. The third-order valence-electron chi connectivity index (χ3n) is 8.32. The van der Waals surface area contributed by atoms with Gasteiger partial charge in [0, 0.05) is 37.9 Å². The molecule has 2 atom stereocenters. The summed E-state index contributed by atoms with van der Waals surface area (Å²) >= 11 is 0. The number of carbonyl (C=O) groups excluding carboxylic acids is 4. The lowest BCUT2D eigenvalue weighted by molar-refractivity contribution is -0.145. The Labute approximate surface area is 259 Å². The fourth-order valence-electron chi connectivity index (χ4n) is 5.94. The van der Waals surface area contributed by atoms with Gasteiger partial charge in [0.25, 0.3) is 0 Å². The number of rotatable bonds is 5. The Morgan fingerprint density at radius 3 is 2.45 bits per heavy atom. The van der Waals surface area contributed by atoms with Crippen LogP contribution in [-0.4, -0.2) is 63.6 Å². The zero-order valence-corrected chi connectivity index (χ0v) is 25.7. The third kappa shape index (κ3) is 7.70. The van der Waals surface area contributed by atoms with E-state index in [2.05, 4.69) is 15.6 Å². The van der Waals surface area contributed by atoms with E-state index in [1.807, 2.05) is 81.4 Å². The van der Waals surface area contributed by atoms with Crippen LogP contribution in [0.3, 0.4) is 0 Å². The third-order valence-corrected chi connectivity index (χ3v) is 8.32. The Morgan fingerprint density at radius 2 is 1.70 bits per heavy atom. The lowest BCUT2D eigenvalue weighted by atomic mass is 9.91. The van der Waals surface area contributed by atoms with Gasteiger partial charge >= 0.3 is 0 Å². The number of pyridine rings is 1. The second-order valence-corrected chi connectivity index (χ2v) is 12.3. The van der Waals surface area contributed by atoms with Crippen LogP contribution in [0.15, 0.2) is 66.9 Å². The molecule has 0 saturated carbocycles. The van der Waals surface area contributed by atoms with Crippen molar-refractivity contribution in [2.75, 3.05) is 13.1 Å². The van der Waals surface area contributed by atoms with Crippen molar-refractivity contribution in [3.63, 3.8) is 0 Å². The van der Waals surface area contributed by atoms with Gasteiger partial charge in [-0.2, -0.15) is 0 Å². The molecule has 9 heteroatoms. The topological polar surface area (TPSA) is 112 Å². The van der Waals surface area contributed by atoms with Gasteiger partial charge in [0.05, 0.1) is 13.0 Å². The van der Waals surface area contributed by atoms with Crippen molar-refractivity contribution in [3.8, 4) is 0 Å². The quantitative estimate of drug-likeness (QED) is 0.471. The number of hydrogen-bond acceptors (Lipinski definition) is 5. The number of fused-ring (bicyclic) bond motifs is 4. The second kappa shape index (κ2) is 13.8. The van der Waals surface area contributed by atoms with Gasteiger partial charge in [-0.15, -0.1) is 0 Å². The number of aryl methyl sites for hydroxylation is 1. The lowest BCUT2D eigenvalue weighted by Crippen LogP contribution is -2.58. The van der Waals surface area contributed by atoms with Crippen molar-refractivity contribution in [2.24, 2.45) is 5.92 Å². The maximum absolute atomic E-state index is 14.2. The van der Waals surface area contributed by atoms with Gasteiger partial charge in [-0.1, -0.05) is 68.4 Å². The Kier molecular flexibility index (Phi) is 9.72. The molecule has 230 valence electrons. The summed E-state index contributed by atoms with van der Waals surface area (Å²) in [6.45, 7) is 6.62. The molecule has 0 saturated heterocycles. The SMILES string of the molecule is Cc1ccc(CCN2CC(=O)N[C@@H](CC(C)C)C(=O)N3Cc4ccccc4C[C@@H]3C(=O)NCc3cccc(c3)CC2=O)cn1. The molecular weight excluding hydrogens is 554 g/mol. The van der Waals surface area contributed by atoms with Crippen LogP contribution in [0.1, 0.15) is 53.8 Å². The van der Waals surface area contributed by atoms with Crippen molar-refractivity contribution in [3.05, 3.63) is 100 Å².